The molecule has 0 saturated carbocycles. The number of hydrogen-bond donors (Lipinski definition) is 2. The second-order valence-electron chi connectivity index (χ2n) is 12.7. The molecule has 2 N–H and O–H groups in total. The molecule has 1 amide bonds. The molecule has 0 fully saturated rings. The predicted octanol–water partition coefficient (Wildman–Crippen LogP) is 5.39. The molecule has 1 aliphatic heterocycles. The topological polar surface area (TPSA) is 116 Å². The number of benzene rings is 2. The largest absolute Gasteiger partial charge is 0.497 e. The van der Waals surface area contributed by atoms with Crippen molar-refractivity contribution < 1.29 is 33.6 Å². The van der Waals surface area contributed by atoms with Crippen LogP contribution in [0.3, 0.4) is 0 Å². The summed E-state index contributed by atoms with van der Waals surface area (Å²) in [4.78, 5) is 32.0. The third kappa shape index (κ3) is 9.21. The van der Waals surface area contributed by atoms with E-state index in [1.54, 1.807) is 19.2 Å². The summed E-state index contributed by atoms with van der Waals surface area (Å²) >= 11 is 0. The average molecular weight is 583 g/mol. The van der Waals surface area contributed by atoms with Gasteiger partial charge in [0.25, 0.3) is 5.91 Å². The molecule has 2 atom stereocenters. The van der Waals surface area contributed by atoms with E-state index >= 15 is 0 Å². The Balaban J connectivity index is 2.03. The molecule has 0 aliphatic carbocycles. The summed E-state index contributed by atoms with van der Waals surface area (Å²) < 4.78 is 23.2. The number of carbonyl (C=O) groups is 2. The minimum absolute atomic E-state index is 0.0186. The zero-order valence-electron chi connectivity index (χ0n) is 26.0. The van der Waals surface area contributed by atoms with Crippen molar-refractivity contribution in [3.63, 3.8) is 0 Å². The van der Waals surface area contributed by atoms with Gasteiger partial charge in [0, 0.05) is 31.6 Å². The fraction of sp³-hybridized carbons (Fsp3) is 0.545. The molecule has 0 spiro atoms. The van der Waals surface area contributed by atoms with Crippen LogP contribution in [0.2, 0.25) is 0 Å². The molecule has 0 saturated heterocycles. The van der Waals surface area contributed by atoms with E-state index in [0.717, 1.165) is 6.42 Å². The quantitative estimate of drug-likeness (QED) is 0.240. The number of nitrogens with one attached hydrogen (secondary N) is 1. The van der Waals surface area contributed by atoms with Crippen LogP contribution >= 0.6 is 0 Å². The molecule has 9 heteroatoms. The molecule has 2 aromatic carbocycles. The van der Waals surface area contributed by atoms with Gasteiger partial charge in [-0.3, -0.25) is 9.59 Å². The summed E-state index contributed by atoms with van der Waals surface area (Å²) in [5, 5.41) is 12.1. The van der Waals surface area contributed by atoms with Crippen molar-refractivity contribution in [3.05, 3.63) is 59.7 Å². The van der Waals surface area contributed by atoms with Gasteiger partial charge in [-0.2, -0.15) is 0 Å². The van der Waals surface area contributed by atoms with Crippen molar-refractivity contribution in [2.75, 3.05) is 26.9 Å². The van der Waals surface area contributed by atoms with Gasteiger partial charge in [0.15, 0.2) is 11.6 Å². The lowest BCUT2D eigenvalue weighted by molar-refractivity contribution is -0.155. The van der Waals surface area contributed by atoms with Crippen LogP contribution in [0, 0.1) is 5.41 Å². The molecular formula is C33H46N2O7. The zero-order chi connectivity index (χ0) is 31.0. The van der Waals surface area contributed by atoms with Crippen LogP contribution in [0.5, 0.6) is 11.5 Å². The van der Waals surface area contributed by atoms with E-state index < -0.39 is 23.2 Å². The maximum absolute atomic E-state index is 14.1. The van der Waals surface area contributed by atoms with E-state index in [0.29, 0.717) is 48.1 Å². The highest BCUT2D eigenvalue weighted by Crippen LogP contribution is 2.44. The summed E-state index contributed by atoms with van der Waals surface area (Å²) in [5.74, 6) is 0.818. The van der Waals surface area contributed by atoms with Gasteiger partial charge in [-0.1, -0.05) is 32.9 Å². The summed E-state index contributed by atoms with van der Waals surface area (Å²) in [6, 6.07) is 14.6. The summed E-state index contributed by atoms with van der Waals surface area (Å²) in [7, 11) is 1.58. The second-order valence-corrected chi connectivity index (χ2v) is 12.7. The highest BCUT2D eigenvalue weighted by Gasteiger charge is 2.53. The highest BCUT2D eigenvalue weighted by molar-refractivity contribution is 6.01. The van der Waals surface area contributed by atoms with Crippen LogP contribution in [-0.4, -0.2) is 60.9 Å². The Morgan fingerprint density at radius 2 is 1.76 bits per heavy atom. The number of amides is 1. The molecule has 0 bridgehead atoms. The van der Waals surface area contributed by atoms with Crippen molar-refractivity contribution in [3.8, 4) is 11.5 Å². The van der Waals surface area contributed by atoms with Crippen LogP contribution < -0.4 is 14.8 Å². The SMILES string of the molecule is COc1cccc([C@H]2OC(c3ccc(OCCCO)cc3)=N[C@@]2(CCC(=O)OC(C)(C)C)C(=O)NCCC(C)(C)C)c1. The van der Waals surface area contributed by atoms with Gasteiger partial charge in [-0.05, 0) is 81.0 Å². The first-order chi connectivity index (χ1) is 19.8. The number of methoxy groups -OCH3 is 1. The monoisotopic (exact) mass is 582 g/mol. The smallest absolute Gasteiger partial charge is 0.306 e. The number of hydrogen-bond acceptors (Lipinski definition) is 8. The van der Waals surface area contributed by atoms with Crippen molar-refractivity contribution in [2.24, 2.45) is 10.4 Å². The Morgan fingerprint density at radius 1 is 1.05 bits per heavy atom. The molecule has 230 valence electrons. The number of aliphatic imine (C=N–C) groups is 1. The summed E-state index contributed by atoms with van der Waals surface area (Å²) in [6.45, 7) is 12.7. The van der Waals surface area contributed by atoms with Gasteiger partial charge in [0.1, 0.15) is 17.1 Å². The fourth-order valence-electron chi connectivity index (χ4n) is 4.56. The first kappa shape index (κ1) is 32.9. The summed E-state index contributed by atoms with van der Waals surface area (Å²) in [6.07, 6.45) is 0.531. The van der Waals surface area contributed by atoms with Crippen molar-refractivity contribution in [2.45, 2.75) is 84.5 Å². The Kier molecular flexibility index (Phi) is 11.0. The van der Waals surface area contributed by atoms with Crippen molar-refractivity contribution in [1.29, 1.82) is 0 Å². The van der Waals surface area contributed by atoms with E-state index in [1.807, 2.05) is 57.2 Å². The normalized spacial score (nSPS) is 18.6. The first-order valence-corrected chi connectivity index (χ1v) is 14.5. The van der Waals surface area contributed by atoms with Gasteiger partial charge in [0.05, 0.1) is 13.7 Å². The highest BCUT2D eigenvalue weighted by atomic mass is 16.6. The summed E-state index contributed by atoms with van der Waals surface area (Å²) in [5.41, 5.74) is -0.712. The number of aliphatic hydroxyl groups is 1. The number of carbonyl (C=O) groups excluding carboxylic acids is 2. The third-order valence-electron chi connectivity index (χ3n) is 6.72. The second kappa shape index (κ2) is 14.1. The van der Waals surface area contributed by atoms with E-state index in [2.05, 4.69) is 26.1 Å². The lowest BCUT2D eigenvalue weighted by Gasteiger charge is -2.31. The zero-order valence-corrected chi connectivity index (χ0v) is 26.0. The standard InChI is InChI=1S/C33H46N2O7/c1-31(2,3)18-19-34-30(38)33(17-16-27(37)42-32(4,5)6)28(24-10-8-11-26(22-24)39-7)41-29(35-33)23-12-14-25(15-13-23)40-21-9-20-36/h8,10-15,22,28,36H,9,16-21H2,1-7H3,(H,34,38)/t28-,33-/m1/s1. The molecule has 0 unspecified atom stereocenters. The third-order valence-corrected chi connectivity index (χ3v) is 6.72. The molecule has 1 aliphatic rings. The number of esters is 1. The van der Waals surface area contributed by atoms with Gasteiger partial charge >= 0.3 is 5.97 Å². The lowest BCUT2D eigenvalue weighted by Crippen LogP contribution is -2.49. The van der Waals surface area contributed by atoms with Gasteiger partial charge in [-0.25, -0.2) is 4.99 Å². The molecular weight excluding hydrogens is 536 g/mol. The van der Waals surface area contributed by atoms with Gasteiger partial charge in [-0.15, -0.1) is 0 Å². The minimum atomic E-state index is -1.44. The number of aliphatic hydroxyl groups excluding tert-OH is 1. The molecule has 9 nitrogen and oxygen atoms in total. The van der Waals surface area contributed by atoms with Crippen LogP contribution in [0.1, 0.15) is 84.5 Å². The first-order valence-electron chi connectivity index (χ1n) is 14.5. The number of nitrogens with zero attached hydrogens (tertiary/aromatic N) is 1. The average Bonchev–Trinajstić information content (AvgIpc) is 3.32. The maximum atomic E-state index is 14.1. The Morgan fingerprint density at radius 3 is 2.38 bits per heavy atom. The fourth-order valence-corrected chi connectivity index (χ4v) is 4.56. The van der Waals surface area contributed by atoms with Crippen LogP contribution in [-0.2, 0) is 19.1 Å². The van der Waals surface area contributed by atoms with Gasteiger partial charge < -0.3 is 29.4 Å². The van der Waals surface area contributed by atoms with Crippen molar-refractivity contribution >= 4 is 17.8 Å². The maximum Gasteiger partial charge on any atom is 0.306 e. The molecule has 42 heavy (non-hydrogen) atoms. The predicted molar refractivity (Wildman–Crippen MR) is 162 cm³/mol. The Bertz CT molecular complexity index is 1230. The van der Waals surface area contributed by atoms with Gasteiger partial charge in [0.2, 0.25) is 5.90 Å². The molecule has 0 aromatic heterocycles. The lowest BCUT2D eigenvalue weighted by atomic mass is 9.83. The Labute approximate surface area is 249 Å². The molecule has 2 aromatic rings. The van der Waals surface area contributed by atoms with Crippen LogP contribution in [0.4, 0.5) is 0 Å². The number of ether oxygens (including phenoxy) is 4. The van der Waals surface area contributed by atoms with Crippen molar-refractivity contribution in [1.82, 2.24) is 5.32 Å². The minimum Gasteiger partial charge on any atom is -0.497 e. The molecule has 0 radical (unpaired) electrons. The van der Waals surface area contributed by atoms with E-state index in [9.17, 15) is 9.59 Å². The van der Waals surface area contributed by atoms with E-state index in [1.165, 1.54) is 0 Å². The molecule has 3 rings (SSSR count). The Hall–Kier alpha value is -3.59. The van der Waals surface area contributed by atoms with E-state index in [4.69, 9.17) is 29.0 Å². The van der Waals surface area contributed by atoms with E-state index in [-0.39, 0.29) is 30.8 Å². The van der Waals surface area contributed by atoms with Crippen LogP contribution in [0.25, 0.3) is 0 Å². The molecule has 1 heterocycles. The number of rotatable bonds is 13. The van der Waals surface area contributed by atoms with Crippen LogP contribution in [0.15, 0.2) is 53.5 Å².